The molecular formula is C21H20BrN5OS3. The number of thioether (sulfide) groups is 1. The summed E-state index contributed by atoms with van der Waals surface area (Å²) >= 11 is 7.93. The average molecular weight is 535 g/mol. The van der Waals surface area contributed by atoms with E-state index in [0.29, 0.717) is 16.2 Å². The second-order valence-electron chi connectivity index (χ2n) is 7.14. The molecule has 0 aliphatic rings. The molecule has 0 aliphatic carbocycles. The zero-order valence-electron chi connectivity index (χ0n) is 17.1. The molecule has 0 aliphatic heterocycles. The zero-order valence-corrected chi connectivity index (χ0v) is 21.2. The third-order valence-corrected chi connectivity index (χ3v) is 8.04. The minimum absolute atomic E-state index is 0.121. The van der Waals surface area contributed by atoms with E-state index in [-0.39, 0.29) is 11.7 Å². The smallest absolute Gasteiger partial charge is 0.236 e. The van der Waals surface area contributed by atoms with Gasteiger partial charge in [0.2, 0.25) is 5.91 Å². The number of hydrogen-bond acceptors (Lipinski definition) is 7. The Hall–Kier alpha value is -2.01. The lowest BCUT2D eigenvalue weighted by Gasteiger charge is -2.03. The SMILES string of the molecule is CC(C)c1cc(-c2nnc(SCC(=O)Nc3nc(-c4ccc(Br)cc4)cs3)n2C)cs1. The minimum Gasteiger partial charge on any atom is -0.305 e. The molecule has 6 nitrogen and oxygen atoms in total. The molecule has 0 bridgehead atoms. The number of rotatable bonds is 7. The number of anilines is 1. The van der Waals surface area contributed by atoms with Crippen LogP contribution in [0.15, 0.2) is 50.7 Å². The van der Waals surface area contributed by atoms with Gasteiger partial charge >= 0.3 is 0 Å². The predicted octanol–water partition coefficient (Wildman–Crippen LogP) is 6.28. The van der Waals surface area contributed by atoms with Gasteiger partial charge in [-0.2, -0.15) is 0 Å². The summed E-state index contributed by atoms with van der Waals surface area (Å²) in [4.78, 5) is 18.2. The van der Waals surface area contributed by atoms with E-state index in [0.717, 1.165) is 27.1 Å². The summed E-state index contributed by atoms with van der Waals surface area (Å²) in [5.41, 5.74) is 2.91. The number of amides is 1. The summed E-state index contributed by atoms with van der Waals surface area (Å²) in [6.07, 6.45) is 0. The van der Waals surface area contributed by atoms with Crippen molar-refractivity contribution >= 4 is 61.4 Å². The molecule has 160 valence electrons. The van der Waals surface area contributed by atoms with E-state index in [1.165, 1.54) is 28.0 Å². The molecule has 1 aromatic carbocycles. The molecule has 0 radical (unpaired) electrons. The first-order valence-electron chi connectivity index (χ1n) is 9.53. The average Bonchev–Trinajstić information content (AvgIpc) is 3.47. The molecule has 4 rings (SSSR count). The molecule has 4 aromatic rings. The number of thiazole rings is 1. The van der Waals surface area contributed by atoms with Crippen molar-refractivity contribution in [2.45, 2.75) is 24.9 Å². The van der Waals surface area contributed by atoms with Crippen molar-refractivity contribution in [2.24, 2.45) is 7.05 Å². The van der Waals surface area contributed by atoms with Crippen LogP contribution in [0.4, 0.5) is 5.13 Å². The fraction of sp³-hybridized carbons (Fsp3) is 0.238. The fourth-order valence-electron chi connectivity index (χ4n) is 2.83. The Kier molecular flexibility index (Phi) is 6.90. The van der Waals surface area contributed by atoms with Gasteiger partial charge in [-0.05, 0) is 24.1 Å². The number of carbonyl (C=O) groups excluding carboxylic acids is 1. The summed E-state index contributed by atoms with van der Waals surface area (Å²) in [5.74, 6) is 1.41. The summed E-state index contributed by atoms with van der Waals surface area (Å²) in [6, 6.07) is 10.1. The van der Waals surface area contributed by atoms with Crippen LogP contribution in [0.5, 0.6) is 0 Å². The van der Waals surface area contributed by atoms with Crippen molar-refractivity contribution in [3.05, 3.63) is 50.4 Å². The minimum atomic E-state index is -0.121. The van der Waals surface area contributed by atoms with Crippen LogP contribution in [0.1, 0.15) is 24.6 Å². The number of halogens is 1. The van der Waals surface area contributed by atoms with Gasteiger partial charge < -0.3 is 9.88 Å². The van der Waals surface area contributed by atoms with Gasteiger partial charge in [0.15, 0.2) is 16.1 Å². The number of carbonyl (C=O) groups is 1. The van der Waals surface area contributed by atoms with Crippen molar-refractivity contribution in [3.8, 4) is 22.6 Å². The molecule has 0 saturated heterocycles. The molecule has 0 saturated carbocycles. The fourth-order valence-corrected chi connectivity index (χ4v) is 5.45. The maximum atomic E-state index is 12.4. The largest absolute Gasteiger partial charge is 0.305 e. The number of benzene rings is 1. The van der Waals surface area contributed by atoms with Crippen LogP contribution in [0.3, 0.4) is 0 Å². The highest BCUT2D eigenvalue weighted by Gasteiger charge is 2.16. The molecule has 10 heteroatoms. The summed E-state index contributed by atoms with van der Waals surface area (Å²) in [7, 11) is 1.92. The van der Waals surface area contributed by atoms with Gasteiger partial charge in [0.25, 0.3) is 0 Å². The number of hydrogen-bond donors (Lipinski definition) is 1. The Labute approximate surface area is 201 Å². The van der Waals surface area contributed by atoms with E-state index >= 15 is 0 Å². The number of nitrogens with zero attached hydrogens (tertiary/aromatic N) is 4. The quantitative estimate of drug-likeness (QED) is 0.283. The molecule has 0 spiro atoms. The van der Waals surface area contributed by atoms with Gasteiger partial charge in [0, 0.05) is 38.3 Å². The monoisotopic (exact) mass is 533 g/mol. The first-order valence-corrected chi connectivity index (χ1v) is 13.1. The van der Waals surface area contributed by atoms with Gasteiger partial charge in [0.05, 0.1) is 11.4 Å². The maximum Gasteiger partial charge on any atom is 0.236 e. The van der Waals surface area contributed by atoms with E-state index in [2.05, 4.69) is 61.7 Å². The van der Waals surface area contributed by atoms with Crippen molar-refractivity contribution in [1.82, 2.24) is 19.7 Å². The molecule has 0 unspecified atom stereocenters. The molecule has 0 atom stereocenters. The van der Waals surface area contributed by atoms with Crippen molar-refractivity contribution in [2.75, 3.05) is 11.1 Å². The third-order valence-electron chi connectivity index (χ3n) is 4.50. The highest BCUT2D eigenvalue weighted by molar-refractivity contribution is 9.10. The van der Waals surface area contributed by atoms with E-state index in [1.54, 1.807) is 11.3 Å². The number of thiophene rings is 1. The third kappa shape index (κ3) is 5.25. The van der Waals surface area contributed by atoms with Gasteiger partial charge in [-0.3, -0.25) is 4.79 Å². The lowest BCUT2D eigenvalue weighted by Crippen LogP contribution is -2.14. The van der Waals surface area contributed by atoms with Gasteiger partial charge in [0.1, 0.15) is 0 Å². The van der Waals surface area contributed by atoms with Crippen LogP contribution in [-0.2, 0) is 11.8 Å². The lowest BCUT2D eigenvalue weighted by atomic mass is 10.1. The molecule has 3 aromatic heterocycles. The zero-order chi connectivity index (χ0) is 22.0. The van der Waals surface area contributed by atoms with Crippen LogP contribution >= 0.6 is 50.4 Å². The molecule has 1 amide bonds. The van der Waals surface area contributed by atoms with E-state index in [1.807, 2.05) is 41.3 Å². The molecule has 31 heavy (non-hydrogen) atoms. The Balaban J connectivity index is 1.36. The molecule has 3 heterocycles. The molecule has 0 fully saturated rings. The standard InChI is InChI=1S/C21H20BrN5OS3/c1-12(2)17-8-14(9-29-17)19-25-26-21(27(19)3)31-11-18(28)24-20-23-16(10-30-20)13-4-6-15(22)7-5-13/h4-10,12H,11H2,1-3H3,(H,23,24,28). The van der Waals surface area contributed by atoms with E-state index in [9.17, 15) is 4.79 Å². The van der Waals surface area contributed by atoms with Crippen LogP contribution in [-0.4, -0.2) is 31.4 Å². The second kappa shape index (κ2) is 9.64. The highest BCUT2D eigenvalue weighted by atomic mass is 79.9. The number of aromatic nitrogens is 4. The summed E-state index contributed by atoms with van der Waals surface area (Å²) < 4.78 is 2.95. The van der Waals surface area contributed by atoms with Crippen LogP contribution in [0.25, 0.3) is 22.6 Å². The first-order chi connectivity index (χ1) is 14.9. The van der Waals surface area contributed by atoms with Crippen LogP contribution in [0, 0.1) is 0 Å². The van der Waals surface area contributed by atoms with Crippen molar-refractivity contribution < 1.29 is 4.79 Å². The second-order valence-corrected chi connectivity index (χ2v) is 10.8. The lowest BCUT2D eigenvalue weighted by molar-refractivity contribution is -0.113. The van der Waals surface area contributed by atoms with Crippen molar-refractivity contribution in [3.63, 3.8) is 0 Å². The maximum absolute atomic E-state index is 12.4. The van der Waals surface area contributed by atoms with Crippen LogP contribution < -0.4 is 5.32 Å². The molecular weight excluding hydrogens is 514 g/mol. The first kappa shape index (κ1) is 22.2. The van der Waals surface area contributed by atoms with Crippen molar-refractivity contribution in [1.29, 1.82) is 0 Å². The Morgan fingerprint density at radius 1 is 1.16 bits per heavy atom. The topological polar surface area (TPSA) is 72.7 Å². The number of nitrogens with one attached hydrogen (secondary N) is 1. The Bertz CT molecular complexity index is 1200. The summed E-state index contributed by atoms with van der Waals surface area (Å²) in [5, 5.41) is 16.8. The van der Waals surface area contributed by atoms with Gasteiger partial charge in [-0.25, -0.2) is 4.98 Å². The predicted molar refractivity (Wildman–Crippen MR) is 133 cm³/mol. The summed E-state index contributed by atoms with van der Waals surface area (Å²) in [6.45, 7) is 4.35. The highest BCUT2D eigenvalue weighted by Crippen LogP contribution is 2.31. The van der Waals surface area contributed by atoms with Crippen LogP contribution in [0.2, 0.25) is 0 Å². The van der Waals surface area contributed by atoms with Gasteiger partial charge in [-0.1, -0.05) is 53.7 Å². The Morgan fingerprint density at radius 3 is 2.65 bits per heavy atom. The van der Waals surface area contributed by atoms with E-state index in [4.69, 9.17) is 0 Å². The normalized spacial score (nSPS) is 11.3. The van der Waals surface area contributed by atoms with Gasteiger partial charge in [-0.15, -0.1) is 32.9 Å². The molecule has 1 N–H and O–H groups in total. The van der Waals surface area contributed by atoms with E-state index < -0.39 is 0 Å². The Morgan fingerprint density at radius 2 is 1.94 bits per heavy atom.